The quantitative estimate of drug-likeness (QED) is 0.788. The minimum Gasteiger partial charge on any atom is -0.381 e. The van der Waals surface area contributed by atoms with Gasteiger partial charge in [-0.05, 0) is 39.7 Å². The number of hydrogen-bond acceptors (Lipinski definition) is 5. The molecule has 0 aliphatic carbocycles. The molecule has 1 fully saturated rings. The first kappa shape index (κ1) is 16.9. The second-order valence-electron chi connectivity index (χ2n) is 6.55. The predicted octanol–water partition coefficient (Wildman–Crippen LogP) is 2.68. The molecule has 0 atom stereocenters. The molecule has 0 spiro atoms. The molecular formula is C18H25N3O3. The zero-order valence-electron chi connectivity index (χ0n) is 14.8. The molecule has 6 heteroatoms. The van der Waals surface area contributed by atoms with E-state index in [0.29, 0.717) is 12.6 Å². The average Bonchev–Trinajstić information content (AvgIpc) is 3.11. The Morgan fingerprint density at radius 1 is 1.29 bits per heavy atom. The number of hydrogen-bond donors (Lipinski definition) is 0. The first-order valence-electron chi connectivity index (χ1n) is 8.40. The summed E-state index contributed by atoms with van der Waals surface area (Å²) in [5, 5.41) is 4.07. The highest BCUT2D eigenvalue weighted by Crippen LogP contribution is 2.22. The van der Waals surface area contributed by atoms with E-state index in [9.17, 15) is 4.79 Å². The number of carbonyl (C=O) groups is 1. The van der Waals surface area contributed by atoms with Crippen molar-refractivity contribution in [1.82, 2.24) is 14.6 Å². The van der Waals surface area contributed by atoms with Crippen LogP contribution in [0.15, 0.2) is 16.7 Å². The summed E-state index contributed by atoms with van der Waals surface area (Å²) >= 11 is 0. The maximum atomic E-state index is 12.8. The van der Waals surface area contributed by atoms with Gasteiger partial charge in [0.1, 0.15) is 5.76 Å². The van der Waals surface area contributed by atoms with E-state index in [-0.39, 0.29) is 5.78 Å². The van der Waals surface area contributed by atoms with Crippen LogP contribution >= 0.6 is 0 Å². The van der Waals surface area contributed by atoms with E-state index in [1.807, 2.05) is 37.5 Å². The monoisotopic (exact) mass is 331 g/mol. The number of aryl methyl sites for hydroxylation is 2. The minimum atomic E-state index is 0.158. The molecule has 0 radical (unpaired) electrons. The first-order chi connectivity index (χ1) is 11.5. The van der Waals surface area contributed by atoms with Crippen LogP contribution in [-0.2, 0) is 4.74 Å². The van der Waals surface area contributed by atoms with Crippen LogP contribution in [-0.4, -0.2) is 53.3 Å². The summed E-state index contributed by atoms with van der Waals surface area (Å²) in [6.45, 7) is 8.08. The summed E-state index contributed by atoms with van der Waals surface area (Å²) in [6.07, 6.45) is 2.30. The highest BCUT2D eigenvalue weighted by molar-refractivity contribution is 5.99. The van der Waals surface area contributed by atoms with Gasteiger partial charge in [0, 0.05) is 43.2 Å². The molecule has 0 N–H and O–H groups in total. The van der Waals surface area contributed by atoms with E-state index in [4.69, 9.17) is 9.26 Å². The molecular weight excluding hydrogens is 306 g/mol. The highest BCUT2D eigenvalue weighted by Gasteiger charge is 2.23. The molecule has 24 heavy (non-hydrogen) atoms. The number of likely N-dealkylation sites (tertiary alicyclic amines) is 1. The largest absolute Gasteiger partial charge is 0.381 e. The fraction of sp³-hybridized carbons (Fsp3) is 0.556. The smallest absolute Gasteiger partial charge is 0.180 e. The Balaban J connectivity index is 1.74. The Morgan fingerprint density at radius 3 is 2.58 bits per heavy atom. The van der Waals surface area contributed by atoms with Crippen LogP contribution < -0.4 is 0 Å². The molecule has 0 saturated carbocycles. The van der Waals surface area contributed by atoms with Crippen LogP contribution in [0.25, 0.3) is 5.82 Å². The molecule has 1 saturated heterocycles. The summed E-state index contributed by atoms with van der Waals surface area (Å²) in [6, 6.07) is 3.83. The third-order valence-electron chi connectivity index (χ3n) is 4.81. The van der Waals surface area contributed by atoms with Crippen molar-refractivity contribution in [2.75, 3.05) is 26.7 Å². The van der Waals surface area contributed by atoms with Crippen LogP contribution in [0.4, 0.5) is 0 Å². The van der Waals surface area contributed by atoms with Gasteiger partial charge in [-0.1, -0.05) is 5.16 Å². The van der Waals surface area contributed by atoms with Gasteiger partial charge in [0.05, 0.1) is 12.6 Å². The summed E-state index contributed by atoms with van der Waals surface area (Å²) in [5.74, 6) is 1.64. The fourth-order valence-electron chi connectivity index (χ4n) is 3.45. The summed E-state index contributed by atoms with van der Waals surface area (Å²) in [5.41, 5.74) is 2.67. The Hall–Kier alpha value is -1.92. The standard InChI is InChI=1S/C18H25N3O3/c1-12-9-16(14(3)21(12)18-10-13(2)24-19-18)17(22)11-20-7-5-15(23-4)6-8-20/h9-10,15H,5-8,11H2,1-4H3. The molecule has 0 bridgehead atoms. The molecule has 0 unspecified atom stereocenters. The molecule has 0 amide bonds. The van der Waals surface area contributed by atoms with Crippen LogP contribution in [0.3, 0.4) is 0 Å². The number of carbonyl (C=O) groups excluding carboxylic acids is 1. The average molecular weight is 331 g/mol. The van der Waals surface area contributed by atoms with Gasteiger partial charge in [-0.2, -0.15) is 0 Å². The summed E-state index contributed by atoms with van der Waals surface area (Å²) in [4.78, 5) is 15.0. The van der Waals surface area contributed by atoms with Gasteiger partial charge in [-0.15, -0.1) is 0 Å². The van der Waals surface area contributed by atoms with E-state index >= 15 is 0 Å². The molecule has 2 aromatic heterocycles. The molecule has 0 aromatic carbocycles. The van der Waals surface area contributed by atoms with Gasteiger partial charge in [0.2, 0.25) is 0 Å². The van der Waals surface area contributed by atoms with Crippen molar-refractivity contribution in [3.8, 4) is 5.82 Å². The molecule has 2 aromatic rings. The van der Waals surface area contributed by atoms with Crippen molar-refractivity contribution < 1.29 is 14.1 Å². The third-order valence-corrected chi connectivity index (χ3v) is 4.81. The molecule has 130 valence electrons. The van der Waals surface area contributed by atoms with Gasteiger partial charge in [0.15, 0.2) is 11.6 Å². The highest BCUT2D eigenvalue weighted by atomic mass is 16.5. The number of methoxy groups -OCH3 is 1. The topological polar surface area (TPSA) is 60.5 Å². The first-order valence-corrected chi connectivity index (χ1v) is 8.40. The lowest BCUT2D eigenvalue weighted by Crippen LogP contribution is -2.39. The molecule has 1 aliphatic rings. The maximum absolute atomic E-state index is 12.8. The van der Waals surface area contributed by atoms with E-state index < -0.39 is 0 Å². The van der Waals surface area contributed by atoms with Gasteiger partial charge in [-0.25, -0.2) is 0 Å². The van der Waals surface area contributed by atoms with Gasteiger partial charge < -0.3 is 9.26 Å². The molecule has 1 aliphatic heterocycles. The van der Waals surface area contributed by atoms with Crippen molar-refractivity contribution in [2.45, 2.75) is 39.7 Å². The van der Waals surface area contributed by atoms with Gasteiger partial charge in [-0.3, -0.25) is 14.3 Å². The summed E-state index contributed by atoms with van der Waals surface area (Å²) < 4.78 is 12.5. The number of piperidine rings is 1. The van der Waals surface area contributed by atoms with Crippen LogP contribution in [0, 0.1) is 20.8 Å². The Morgan fingerprint density at radius 2 is 2.00 bits per heavy atom. The molecule has 6 nitrogen and oxygen atoms in total. The van der Waals surface area contributed by atoms with E-state index in [2.05, 4.69) is 10.1 Å². The lowest BCUT2D eigenvalue weighted by atomic mass is 10.1. The summed E-state index contributed by atoms with van der Waals surface area (Å²) in [7, 11) is 1.76. The number of ketones is 1. The Bertz CT molecular complexity index is 724. The lowest BCUT2D eigenvalue weighted by molar-refractivity contribution is 0.0401. The van der Waals surface area contributed by atoms with E-state index in [0.717, 1.165) is 54.5 Å². The number of aromatic nitrogens is 2. The Labute approximate surface area is 142 Å². The SMILES string of the molecule is COC1CCN(CC(=O)c2cc(C)n(-c3cc(C)on3)c2C)CC1. The number of Topliss-reactive ketones (excluding diaryl/α,β-unsaturated/α-hetero) is 1. The van der Waals surface area contributed by atoms with Crippen LogP contribution in [0.2, 0.25) is 0 Å². The maximum Gasteiger partial charge on any atom is 0.180 e. The number of nitrogens with zero attached hydrogens (tertiary/aromatic N) is 3. The van der Waals surface area contributed by atoms with Crippen LogP contribution in [0.1, 0.15) is 40.3 Å². The number of ether oxygens (including phenoxy) is 1. The van der Waals surface area contributed by atoms with Crippen molar-refractivity contribution >= 4 is 5.78 Å². The zero-order valence-corrected chi connectivity index (χ0v) is 14.8. The molecule has 3 rings (SSSR count). The fourth-order valence-corrected chi connectivity index (χ4v) is 3.45. The Kier molecular flexibility index (Phi) is 4.87. The van der Waals surface area contributed by atoms with Gasteiger partial charge in [0.25, 0.3) is 0 Å². The van der Waals surface area contributed by atoms with E-state index in [1.54, 1.807) is 7.11 Å². The van der Waals surface area contributed by atoms with Crippen molar-refractivity contribution in [2.24, 2.45) is 0 Å². The number of rotatable bonds is 5. The molecule has 3 heterocycles. The van der Waals surface area contributed by atoms with Crippen molar-refractivity contribution in [3.63, 3.8) is 0 Å². The van der Waals surface area contributed by atoms with Gasteiger partial charge >= 0.3 is 0 Å². The second-order valence-corrected chi connectivity index (χ2v) is 6.55. The predicted molar refractivity (Wildman–Crippen MR) is 90.8 cm³/mol. The minimum absolute atomic E-state index is 0.158. The third kappa shape index (κ3) is 3.30. The van der Waals surface area contributed by atoms with Crippen LogP contribution in [0.5, 0.6) is 0 Å². The second kappa shape index (κ2) is 6.91. The normalized spacial score (nSPS) is 16.7. The lowest BCUT2D eigenvalue weighted by Gasteiger charge is -2.30. The zero-order chi connectivity index (χ0) is 17.3. The van der Waals surface area contributed by atoms with E-state index in [1.165, 1.54) is 0 Å². The van der Waals surface area contributed by atoms with Crippen molar-refractivity contribution in [3.05, 3.63) is 34.8 Å². The van der Waals surface area contributed by atoms with Crippen molar-refractivity contribution in [1.29, 1.82) is 0 Å².